The normalized spacial score (nSPS) is 22.4. The Balaban J connectivity index is 2.01. The Morgan fingerprint density at radius 3 is 3.07 bits per heavy atom. The highest BCUT2D eigenvalue weighted by atomic mass is 16.3. The highest BCUT2D eigenvalue weighted by Gasteiger charge is 2.24. The van der Waals surface area contributed by atoms with Crippen LogP contribution < -0.4 is 4.90 Å². The summed E-state index contributed by atoms with van der Waals surface area (Å²) in [4.78, 5) is 2.01. The molecule has 2 aromatic heterocycles. The molecule has 0 spiro atoms. The number of aromatic nitrogens is 5. The second-order valence-electron chi connectivity index (χ2n) is 3.46. The fourth-order valence-electron chi connectivity index (χ4n) is 1.78. The lowest BCUT2D eigenvalue weighted by Crippen LogP contribution is -2.21. The Morgan fingerprint density at radius 1 is 1.36 bits per heavy atom. The van der Waals surface area contributed by atoms with Crippen LogP contribution in [-0.4, -0.2) is 49.9 Å². The highest BCUT2D eigenvalue weighted by Crippen LogP contribution is 2.23. The Hall–Kier alpha value is -1.63. The largest absolute Gasteiger partial charge is 0.391 e. The summed E-state index contributed by atoms with van der Waals surface area (Å²) in [6, 6.07) is 0. The first-order chi connectivity index (χ1) is 6.84. The van der Waals surface area contributed by atoms with Gasteiger partial charge in [0.1, 0.15) is 0 Å². The van der Waals surface area contributed by atoms with Crippen LogP contribution in [0.15, 0.2) is 0 Å². The first-order valence-electron chi connectivity index (χ1n) is 4.52. The molecule has 3 N–H and O–H groups in total. The van der Waals surface area contributed by atoms with Gasteiger partial charge in [0, 0.05) is 13.1 Å². The van der Waals surface area contributed by atoms with Gasteiger partial charge in [-0.2, -0.15) is 15.4 Å². The topological polar surface area (TPSA) is 93.7 Å². The molecule has 74 valence electrons. The van der Waals surface area contributed by atoms with E-state index in [1.807, 2.05) is 4.90 Å². The molecule has 1 aliphatic heterocycles. The Bertz CT molecular complexity index is 448. The van der Waals surface area contributed by atoms with Crippen LogP contribution in [0.1, 0.15) is 6.42 Å². The van der Waals surface area contributed by atoms with Gasteiger partial charge < -0.3 is 10.0 Å². The zero-order chi connectivity index (χ0) is 9.54. The van der Waals surface area contributed by atoms with Crippen molar-refractivity contribution in [3.63, 3.8) is 0 Å². The monoisotopic (exact) mass is 194 g/mol. The number of nitrogens with one attached hydrogen (secondary N) is 2. The van der Waals surface area contributed by atoms with Crippen molar-refractivity contribution >= 4 is 17.0 Å². The second kappa shape index (κ2) is 2.68. The van der Waals surface area contributed by atoms with E-state index in [9.17, 15) is 5.11 Å². The molecule has 3 heterocycles. The lowest BCUT2D eigenvalue weighted by Gasteiger charge is -2.12. The van der Waals surface area contributed by atoms with E-state index in [-0.39, 0.29) is 6.10 Å². The molecule has 1 atom stereocenters. The van der Waals surface area contributed by atoms with Gasteiger partial charge in [0.15, 0.2) is 17.0 Å². The SMILES string of the molecule is O[C@H]1CCN(c2n[nH]c3n[nH]nc23)C1. The molecule has 0 saturated carbocycles. The molecule has 7 nitrogen and oxygen atoms in total. The van der Waals surface area contributed by atoms with Crippen LogP contribution in [0.4, 0.5) is 5.82 Å². The standard InChI is InChI=1S/C7H10N6O/c14-4-1-2-13(3-4)7-5-6(9-11-7)10-12-8-5/h4,14H,1-3H2,(H2,8,9,10,11,12)/t4-/m0/s1. The number of hydrogen-bond donors (Lipinski definition) is 3. The van der Waals surface area contributed by atoms with E-state index in [0.29, 0.717) is 12.2 Å². The Kier molecular flexibility index (Phi) is 1.48. The van der Waals surface area contributed by atoms with Crippen molar-refractivity contribution in [1.29, 1.82) is 0 Å². The van der Waals surface area contributed by atoms with Crippen LogP contribution in [0.3, 0.4) is 0 Å². The minimum absolute atomic E-state index is 0.256. The summed E-state index contributed by atoms with van der Waals surface area (Å²) in [5, 5.41) is 26.7. The number of anilines is 1. The van der Waals surface area contributed by atoms with Gasteiger partial charge in [-0.05, 0) is 6.42 Å². The number of H-pyrrole nitrogens is 2. The summed E-state index contributed by atoms with van der Waals surface area (Å²) in [5.74, 6) is 0.769. The molecule has 2 aromatic rings. The molecule has 0 aromatic carbocycles. The molecule has 1 aliphatic rings. The van der Waals surface area contributed by atoms with E-state index in [0.717, 1.165) is 24.3 Å². The zero-order valence-electron chi connectivity index (χ0n) is 7.43. The van der Waals surface area contributed by atoms with Gasteiger partial charge in [-0.1, -0.05) is 0 Å². The first-order valence-corrected chi connectivity index (χ1v) is 4.52. The number of aliphatic hydroxyl groups is 1. The van der Waals surface area contributed by atoms with Gasteiger partial charge in [-0.15, -0.1) is 5.10 Å². The van der Waals surface area contributed by atoms with Gasteiger partial charge in [0.25, 0.3) is 0 Å². The molecule has 1 saturated heterocycles. The van der Waals surface area contributed by atoms with Crippen molar-refractivity contribution < 1.29 is 5.11 Å². The number of nitrogens with zero attached hydrogens (tertiary/aromatic N) is 4. The quantitative estimate of drug-likeness (QED) is 0.555. The predicted octanol–water partition coefficient (Wildman–Crippen LogP) is -0.748. The van der Waals surface area contributed by atoms with E-state index in [1.165, 1.54) is 0 Å². The second-order valence-corrected chi connectivity index (χ2v) is 3.46. The fraction of sp³-hybridized carbons (Fsp3) is 0.571. The van der Waals surface area contributed by atoms with Crippen molar-refractivity contribution in [3.8, 4) is 0 Å². The number of fused-ring (bicyclic) bond motifs is 1. The highest BCUT2D eigenvalue weighted by molar-refractivity contribution is 5.83. The third-order valence-corrected chi connectivity index (χ3v) is 2.49. The van der Waals surface area contributed by atoms with Gasteiger partial charge in [-0.3, -0.25) is 5.10 Å². The number of aromatic amines is 2. The smallest absolute Gasteiger partial charge is 0.199 e. The molecule has 3 rings (SSSR count). The van der Waals surface area contributed by atoms with Crippen molar-refractivity contribution in [2.75, 3.05) is 18.0 Å². The Labute approximate surface area is 79.1 Å². The van der Waals surface area contributed by atoms with Crippen molar-refractivity contribution in [3.05, 3.63) is 0 Å². The lowest BCUT2D eigenvalue weighted by atomic mass is 10.3. The third kappa shape index (κ3) is 0.987. The van der Waals surface area contributed by atoms with E-state index in [1.54, 1.807) is 0 Å². The van der Waals surface area contributed by atoms with Crippen LogP contribution in [0, 0.1) is 0 Å². The van der Waals surface area contributed by atoms with Crippen molar-refractivity contribution in [1.82, 2.24) is 25.6 Å². The molecule has 7 heteroatoms. The van der Waals surface area contributed by atoms with Crippen molar-refractivity contribution in [2.45, 2.75) is 12.5 Å². The van der Waals surface area contributed by atoms with Gasteiger partial charge in [0.05, 0.1) is 6.10 Å². The number of aliphatic hydroxyl groups excluding tert-OH is 1. The molecule has 0 amide bonds. The third-order valence-electron chi connectivity index (χ3n) is 2.49. The predicted molar refractivity (Wildman–Crippen MR) is 48.9 cm³/mol. The summed E-state index contributed by atoms with van der Waals surface area (Å²) in [5.41, 5.74) is 1.39. The molecule has 0 radical (unpaired) electrons. The van der Waals surface area contributed by atoms with E-state index in [2.05, 4.69) is 25.6 Å². The van der Waals surface area contributed by atoms with Crippen LogP contribution >= 0.6 is 0 Å². The van der Waals surface area contributed by atoms with E-state index >= 15 is 0 Å². The average molecular weight is 194 g/mol. The lowest BCUT2D eigenvalue weighted by molar-refractivity contribution is 0.198. The molecule has 1 fully saturated rings. The number of hydrogen-bond acceptors (Lipinski definition) is 5. The molecular weight excluding hydrogens is 184 g/mol. The van der Waals surface area contributed by atoms with Gasteiger partial charge >= 0.3 is 0 Å². The molecule has 14 heavy (non-hydrogen) atoms. The van der Waals surface area contributed by atoms with Gasteiger partial charge in [-0.25, -0.2) is 0 Å². The van der Waals surface area contributed by atoms with Crippen LogP contribution in [0.2, 0.25) is 0 Å². The average Bonchev–Trinajstić information content (AvgIpc) is 2.77. The minimum atomic E-state index is -0.256. The fourth-order valence-corrected chi connectivity index (χ4v) is 1.78. The van der Waals surface area contributed by atoms with E-state index in [4.69, 9.17) is 0 Å². The molecular formula is C7H10N6O. The zero-order valence-corrected chi connectivity index (χ0v) is 7.43. The summed E-state index contributed by atoms with van der Waals surface area (Å²) in [7, 11) is 0. The summed E-state index contributed by atoms with van der Waals surface area (Å²) in [6.45, 7) is 1.43. The minimum Gasteiger partial charge on any atom is -0.391 e. The van der Waals surface area contributed by atoms with Crippen LogP contribution in [0.5, 0.6) is 0 Å². The summed E-state index contributed by atoms with van der Waals surface area (Å²) in [6.07, 6.45) is 0.528. The van der Waals surface area contributed by atoms with Crippen molar-refractivity contribution in [2.24, 2.45) is 0 Å². The summed E-state index contributed by atoms with van der Waals surface area (Å²) >= 11 is 0. The first kappa shape index (κ1) is 7.74. The molecule has 0 bridgehead atoms. The van der Waals surface area contributed by atoms with E-state index < -0.39 is 0 Å². The molecule has 0 unspecified atom stereocenters. The van der Waals surface area contributed by atoms with Gasteiger partial charge in [0.2, 0.25) is 0 Å². The Morgan fingerprint density at radius 2 is 2.29 bits per heavy atom. The molecule has 0 aliphatic carbocycles. The maximum absolute atomic E-state index is 9.40. The maximum atomic E-state index is 9.40. The number of β-amino-alcohol motifs (C(OH)–C–C–N with tert-alkyl or cyclic N) is 1. The maximum Gasteiger partial charge on any atom is 0.199 e. The van der Waals surface area contributed by atoms with Crippen LogP contribution in [0.25, 0.3) is 11.2 Å². The van der Waals surface area contributed by atoms with Crippen LogP contribution in [-0.2, 0) is 0 Å². The number of rotatable bonds is 1. The summed E-state index contributed by atoms with van der Waals surface area (Å²) < 4.78 is 0.